The summed E-state index contributed by atoms with van der Waals surface area (Å²) in [5, 5.41) is 16.0. The molecule has 70 valence electrons. The van der Waals surface area contributed by atoms with Crippen LogP contribution in [0.4, 0.5) is 0 Å². The lowest BCUT2D eigenvalue weighted by Crippen LogP contribution is -2.10. The van der Waals surface area contributed by atoms with E-state index >= 15 is 0 Å². The lowest BCUT2D eigenvalue weighted by Gasteiger charge is -2.03. The van der Waals surface area contributed by atoms with Gasteiger partial charge in [0.2, 0.25) is 0 Å². The zero-order chi connectivity index (χ0) is 10.0. The third kappa shape index (κ3) is 1.99. The van der Waals surface area contributed by atoms with Crippen LogP contribution in [-0.2, 0) is 0 Å². The van der Waals surface area contributed by atoms with E-state index in [2.05, 4.69) is 15.2 Å². The molecule has 0 saturated heterocycles. The Morgan fingerprint density at radius 2 is 2.00 bits per heavy atom. The second-order valence-corrected chi connectivity index (χ2v) is 3.06. The highest BCUT2D eigenvalue weighted by atomic mass is 16.4. The van der Waals surface area contributed by atoms with Crippen LogP contribution >= 0.6 is 0 Å². The van der Waals surface area contributed by atoms with Crippen LogP contribution in [0.25, 0.3) is 0 Å². The van der Waals surface area contributed by atoms with Crippen molar-refractivity contribution in [1.29, 1.82) is 0 Å². The molecule has 5 heteroatoms. The summed E-state index contributed by atoms with van der Waals surface area (Å²) in [6.45, 7) is 5.47. The van der Waals surface area contributed by atoms with Gasteiger partial charge in [0.1, 0.15) is 0 Å². The number of carbonyl (C=O) groups is 1. The summed E-state index contributed by atoms with van der Waals surface area (Å²) >= 11 is 0. The number of aromatic carboxylic acids is 1. The molecule has 0 aliphatic carbocycles. The van der Waals surface area contributed by atoms with Crippen molar-refractivity contribution in [3.05, 3.63) is 17.2 Å². The Labute approximate surface area is 75.8 Å². The lowest BCUT2D eigenvalue weighted by molar-refractivity contribution is 0.0687. The van der Waals surface area contributed by atoms with Gasteiger partial charge >= 0.3 is 5.97 Å². The van der Waals surface area contributed by atoms with Crippen LogP contribution in [0, 0.1) is 6.92 Å². The predicted molar refractivity (Wildman–Crippen MR) is 45.6 cm³/mol. The first kappa shape index (κ1) is 9.57. The quantitative estimate of drug-likeness (QED) is 0.736. The van der Waals surface area contributed by atoms with Crippen molar-refractivity contribution in [3.63, 3.8) is 0 Å². The molecule has 1 heterocycles. The van der Waals surface area contributed by atoms with E-state index in [0.717, 1.165) is 0 Å². The van der Waals surface area contributed by atoms with Gasteiger partial charge in [-0.1, -0.05) is 13.8 Å². The van der Waals surface area contributed by atoms with E-state index < -0.39 is 5.97 Å². The molecule has 1 aromatic heterocycles. The smallest absolute Gasteiger partial charge is 0.358 e. The molecule has 1 rings (SSSR count). The Hall–Kier alpha value is -1.52. The molecule has 0 aromatic carbocycles. The molecule has 0 spiro atoms. The van der Waals surface area contributed by atoms with Gasteiger partial charge in [0.25, 0.3) is 0 Å². The largest absolute Gasteiger partial charge is 0.476 e. The van der Waals surface area contributed by atoms with Crippen molar-refractivity contribution in [2.75, 3.05) is 0 Å². The first-order chi connectivity index (χ1) is 6.02. The van der Waals surface area contributed by atoms with E-state index in [0.29, 0.717) is 11.5 Å². The normalized spacial score (nSPS) is 10.5. The molecule has 0 unspecified atom stereocenters. The Bertz CT molecular complexity index is 336. The van der Waals surface area contributed by atoms with Gasteiger partial charge < -0.3 is 5.11 Å². The molecule has 0 saturated carbocycles. The summed E-state index contributed by atoms with van der Waals surface area (Å²) in [6.07, 6.45) is 0. The Kier molecular flexibility index (Phi) is 2.55. The highest BCUT2D eigenvalue weighted by Crippen LogP contribution is 2.08. The summed E-state index contributed by atoms with van der Waals surface area (Å²) in [5.41, 5.74) is 0.329. The second kappa shape index (κ2) is 3.47. The molecule has 0 amide bonds. The van der Waals surface area contributed by atoms with Gasteiger partial charge in [-0.2, -0.15) is 0 Å². The fourth-order valence-corrected chi connectivity index (χ4v) is 0.863. The van der Waals surface area contributed by atoms with Crippen LogP contribution < -0.4 is 0 Å². The molecule has 1 N–H and O–H groups in total. The number of carboxylic acids is 1. The number of carboxylic acid groups (broad SMARTS) is 1. The summed E-state index contributed by atoms with van der Waals surface area (Å²) in [6, 6.07) is 0. The van der Waals surface area contributed by atoms with Crippen LogP contribution in [0.1, 0.15) is 41.8 Å². The van der Waals surface area contributed by atoms with Crippen LogP contribution in [0.2, 0.25) is 0 Å². The number of aryl methyl sites for hydroxylation is 1. The molecule has 5 nitrogen and oxygen atoms in total. The minimum absolute atomic E-state index is 0.0793. The molecule has 0 fully saturated rings. The number of hydrogen-bond acceptors (Lipinski definition) is 4. The first-order valence-electron chi connectivity index (χ1n) is 3.97. The standard InChI is InChI=1S/C8H11N3O2/c1-4(2)7-9-5(3)6(8(12)13)10-11-7/h4H,1-3H3,(H,12,13). The number of hydrogen-bond donors (Lipinski definition) is 1. The van der Waals surface area contributed by atoms with Gasteiger partial charge in [-0.05, 0) is 6.92 Å². The summed E-state index contributed by atoms with van der Waals surface area (Å²) in [4.78, 5) is 14.6. The molecular weight excluding hydrogens is 170 g/mol. The fourth-order valence-electron chi connectivity index (χ4n) is 0.863. The maximum atomic E-state index is 10.6. The molecule has 0 bridgehead atoms. The van der Waals surface area contributed by atoms with Crippen LogP contribution in [0.3, 0.4) is 0 Å². The van der Waals surface area contributed by atoms with Crippen LogP contribution in [-0.4, -0.2) is 26.3 Å². The van der Waals surface area contributed by atoms with E-state index in [9.17, 15) is 4.79 Å². The maximum Gasteiger partial charge on any atom is 0.358 e. The number of nitrogens with zero attached hydrogens (tertiary/aromatic N) is 3. The second-order valence-electron chi connectivity index (χ2n) is 3.06. The van der Waals surface area contributed by atoms with Gasteiger partial charge in [0, 0.05) is 5.92 Å². The zero-order valence-electron chi connectivity index (χ0n) is 7.77. The Balaban J connectivity index is 3.13. The Morgan fingerprint density at radius 1 is 1.38 bits per heavy atom. The van der Waals surface area contributed by atoms with Gasteiger partial charge in [-0.3, -0.25) is 0 Å². The van der Waals surface area contributed by atoms with E-state index in [1.54, 1.807) is 6.92 Å². The minimum Gasteiger partial charge on any atom is -0.476 e. The van der Waals surface area contributed by atoms with E-state index in [1.807, 2.05) is 13.8 Å². The van der Waals surface area contributed by atoms with Gasteiger partial charge in [0.15, 0.2) is 11.5 Å². The molecule has 13 heavy (non-hydrogen) atoms. The van der Waals surface area contributed by atoms with E-state index in [1.165, 1.54) is 0 Å². The summed E-state index contributed by atoms with van der Waals surface area (Å²) in [7, 11) is 0. The van der Waals surface area contributed by atoms with Crippen molar-refractivity contribution in [2.24, 2.45) is 0 Å². The van der Waals surface area contributed by atoms with Crippen molar-refractivity contribution in [1.82, 2.24) is 15.2 Å². The summed E-state index contributed by atoms with van der Waals surface area (Å²) in [5.74, 6) is -0.357. The van der Waals surface area contributed by atoms with E-state index in [-0.39, 0.29) is 11.6 Å². The Morgan fingerprint density at radius 3 is 2.38 bits per heavy atom. The average molecular weight is 181 g/mol. The predicted octanol–water partition coefficient (Wildman–Crippen LogP) is 1.00. The number of aromatic nitrogens is 3. The SMILES string of the molecule is Cc1nc(C(C)C)nnc1C(=O)O. The van der Waals surface area contributed by atoms with Crippen molar-refractivity contribution < 1.29 is 9.90 Å². The molecular formula is C8H11N3O2. The van der Waals surface area contributed by atoms with Gasteiger partial charge in [0.05, 0.1) is 5.69 Å². The van der Waals surface area contributed by atoms with Gasteiger partial charge in [-0.15, -0.1) is 10.2 Å². The number of rotatable bonds is 2. The topological polar surface area (TPSA) is 76.0 Å². The highest BCUT2D eigenvalue weighted by Gasteiger charge is 2.13. The molecule has 0 aliphatic heterocycles. The minimum atomic E-state index is -1.09. The van der Waals surface area contributed by atoms with E-state index in [4.69, 9.17) is 5.11 Å². The fraction of sp³-hybridized carbons (Fsp3) is 0.500. The van der Waals surface area contributed by atoms with Crippen LogP contribution in [0.15, 0.2) is 0 Å². The highest BCUT2D eigenvalue weighted by molar-refractivity contribution is 5.86. The third-order valence-electron chi connectivity index (χ3n) is 1.60. The first-order valence-corrected chi connectivity index (χ1v) is 3.97. The molecule has 0 atom stereocenters. The molecule has 0 aliphatic rings. The molecule has 1 aromatic rings. The van der Waals surface area contributed by atoms with Crippen molar-refractivity contribution in [3.8, 4) is 0 Å². The van der Waals surface area contributed by atoms with Gasteiger partial charge in [-0.25, -0.2) is 9.78 Å². The van der Waals surface area contributed by atoms with Crippen LogP contribution in [0.5, 0.6) is 0 Å². The molecule has 0 radical (unpaired) electrons. The average Bonchev–Trinajstić information content (AvgIpc) is 2.03. The third-order valence-corrected chi connectivity index (χ3v) is 1.60. The maximum absolute atomic E-state index is 10.6. The monoisotopic (exact) mass is 181 g/mol. The lowest BCUT2D eigenvalue weighted by atomic mass is 10.2. The summed E-state index contributed by atoms with van der Waals surface area (Å²) < 4.78 is 0. The van der Waals surface area contributed by atoms with Crippen molar-refractivity contribution >= 4 is 5.97 Å². The zero-order valence-corrected chi connectivity index (χ0v) is 7.77. The van der Waals surface area contributed by atoms with Crippen molar-refractivity contribution in [2.45, 2.75) is 26.7 Å².